The summed E-state index contributed by atoms with van der Waals surface area (Å²) in [4.78, 5) is 0. The Hall–Kier alpha value is -4.73. The molecule has 0 aromatic heterocycles. The monoisotopic (exact) mass is 628 g/mol. The molecule has 0 amide bonds. The maximum atomic E-state index is 2.56. The predicted molar refractivity (Wildman–Crippen MR) is 205 cm³/mol. The van der Waals surface area contributed by atoms with E-state index in [1.807, 2.05) is 0 Å². The third kappa shape index (κ3) is 5.84. The van der Waals surface area contributed by atoms with E-state index in [-0.39, 0.29) is 0 Å². The van der Waals surface area contributed by atoms with E-state index in [4.69, 9.17) is 0 Å². The molecule has 0 aliphatic carbocycles. The van der Waals surface area contributed by atoms with Crippen LogP contribution in [0, 0.1) is 6.16 Å². The summed E-state index contributed by atoms with van der Waals surface area (Å²) < 4.78 is 0. The first kappa shape index (κ1) is 30.0. The van der Waals surface area contributed by atoms with Gasteiger partial charge in [0.2, 0.25) is 0 Å². The van der Waals surface area contributed by atoms with E-state index < -0.39 is 14.5 Å². The summed E-state index contributed by atoms with van der Waals surface area (Å²) in [5.41, 5.74) is 2.61. The van der Waals surface area contributed by atoms with Gasteiger partial charge < -0.3 is 0 Å². The summed E-state index contributed by atoms with van der Waals surface area (Å²) in [5.74, 6) is 0. The van der Waals surface area contributed by atoms with Crippen molar-refractivity contribution in [3.05, 3.63) is 224 Å². The van der Waals surface area contributed by atoms with Crippen LogP contribution in [0.5, 0.6) is 0 Å². The molecule has 7 aromatic rings. The molecule has 0 heterocycles. The number of benzene rings is 7. The maximum absolute atomic E-state index is 2.56. The van der Waals surface area contributed by atoms with E-state index in [1.165, 1.54) is 43.0 Å². The molecule has 0 N–H and O–H groups in total. The van der Waals surface area contributed by atoms with Gasteiger partial charge in [-0.25, -0.2) is 0 Å². The fraction of sp³-hybridized carbons (Fsp3) is 0.0227. The van der Waals surface area contributed by atoms with Crippen molar-refractivity contribution in [1.82, 2.24) is 0 Å². The molecule has 0 atom stereocenters. The van der Waals surface area contributed by atoms with E-state index in [2.05, 4.69) is 212 Å². The van der Waals surface area contributed by atoms with Gasteiger partial charge in [0.25, 0.3) is 0 Å². The molecule has 0 spiro atoms. The van der Waals surface area contributed by atoms with Crippen LogP contribution in [0.3, 0.4) is 0 Å². The topological polar surface area (TPSA) is 0 Å². The van der Waals surface area contributed by atoms with Crippen LogP contribution in [0.1, 0.15) is 11.1 Å². The van der Waals surface area contributed by atoms with Crippen LogP contribution < -0.4 is 31.8 Å². The molecule has 7 rings (SSSR count). The molecule has 0 aliphatic rings. The van der Waals surface area contributed by atoms with Crippen molar-refractivity contribution in [2.24, 2.45) is 0 Å². The average Bonchev–Trinajstić information content (AvgIpc) is 3.16. The van der Waals surface area contributed by atoms with E-state index >= 15 is 0 Å². The van der Waals surface area contributed by atoms with Gasteiger partial charge in [0, 0.05) is 0 Å². The normalized spacial score (nSPS) is 11.9. The number of hydrogen-bond acceptors (Lipinski definition) is 0. The van der Waals surface area contributed by atoms with E-state index in [1.54, 1.807) is 0 Å². The Labute approximate surface area is 275 Å². The summed E-state index contributed by atoms with van der Waals surface area (Å²) in [6, 6.07) is 76.3. The molecular weight excluding hydrogens is 590 g/mol. The second kappa shape index (κ2) is 13.7. The zero-order valence-corrected chi connectivity index (χ0v) is 27.8. The molecule has 0 radical (unpaired) electrons. The Kier molecular flexibility index (Phi) is 8.94. The molecule has 0 aliphatic heterocycles. The molecular formula is C44H38P2. The quantitative estimate of drug-likeness (QED) is 0.105. The summed E-state index contributed by atoms with van der Waals surface area (Å²) in [5, 5.41) is 8.39. The van der Waals surface area contributed by atoms with Gasteiger partial charge in [-0.15, -0.1) is 0 Å². The summed E-state index contributed by atoms with van der Waals surface area (Å²) in [6.45, 7) is 0. The van der Waals surface area contributed by atoms with Crippen molar-refractivity contribution < 1.29 is 0 Å². The molecule has 46 heavy (non-hydrogen) atoms. The van der Waals surface area contributed by atoms with Crippen molar-refractivity contribution in [3.63, 3.8) is 0 Å². The van der Waals surface area contributed by atoms with Crippen LogP contribution in [0.4, 0.5) is 0 Å². The first-order valence-corrected chi connectivity index (χ1v) is 20.0. The summed E-state index contributed by atoms with van der Waals surface area (Å²) >= 11 is 0. The Morgan fingerprint density at radius 3 is 0.978 bits per heavy atom. The third-order valence-corrected chi connectivity index (χ3v) is 18.0. The third-order valence-electron chi connectivity index (χ3n) is 9.08. The van der Waals surface area contributed by atoms with Crippen LogP contribution in [-0.2, 0) is 6.16 Å². The molecule has 7 aromatic carbocycles. The van der Waals surface area contributed by atoms with Gasteiger partial charge in [0.15, 0.2) is 0 Å². The van der Waals surface area contributed by atoms with E-state index in [0.29, 0.717) is 0 Å². The molecule has 0 fully saturated rings. The van der Waals surface area contributed by atoms with Crippen molar-refractivity contribution >= 4 is 46.4 Å². The molecule has 0 unspecified atom stereocenters. The fourth-order valence-corrected chi connectivity index (χ4v) is 15.5. The molecule has 2 heteroatoms. The number of rotatable bonds is 10. The second-order valence-corrected chi connectivity index (χ2v) is 18.9. The second-order valence-electron chi connectivity index (χ2n) is 11.8. The van der Waals surface area contributed by atoms with Crippen molar-refractivity contribution in [2.75, 3.05) is 0 Å². The van der Waals surface area contributed by atoms with Gasteiger partial charge >= 0.3 is 276 Å². The zero-order valence-electron chi connectivity index (χ0n) is 25.9. The van der Waals surface area contributed by atoms with Gasteiger partial charge in [0.1, 0.15) is 0 Å². The Morgan fingerprint density at radius 1 is 0.348 bits per heavy atom. The van der Waals surface area contributed by atoms with Gasteiger partial charge in [-0.2, -0.15) is 0 Å². The Morgan fingerprint density at radius 2 is 0.652 bits per heavy atom. The first-order chi connectivity index (χ1) is 22.8. The van der Waals surface area contributed by atoms with E-state index in [0.717, 1.165) is 6.16 Å². The van der Waals surface area contributed by atoms with Crippen molar-refractivity contribution in [1.29, 1.82) is 0 Å². The summed E-state index contributed by atoms with van der Waals surface area (Å²) in [7, 11) is -4.48. The van der Waals surface area contributed by atoms with Gasteiger partial charge in [-0.3, -0.25) is 0 Å². The van der Waals surface area contributed by atoms with Crippen molar-refractivity contribution in [3.8, 4) is 0 Å². The Bertz CT molecular complexity index is 1600. The molecule has 224 valence electrons. The minimum absolute atomic E-state index is 0.988. The molecule has 0 saturated carbocycles. The van der Waals surface area contributed by atoms with E-state index in [9.17, 15) is 0 Å². The van der Waals surface area contributed by atoms with Gasteiger partial charge in [-0.05, 0) is 0 Å². The van der Waals surface area contributed by atoms with Crippen LogP contribution in [0.15, 0.2) is 206 Å². The van der Waals surface area contributed by atoms with Crippen molar-refractivity contribution in [2.45, 2.75) is 6.16 Å². The fourth-order valence-electron chi connectivity index (χ4n) is 6.89. The molecule has 0 bridgehead atoms. The first-order valence-electron chi connectivity index (χ1n) is 16.0. The summed E-state index contributed by atoms with van der Waals surface area (Å²) in [6.07, 6.45) is 3.55. The predicted octanol–water partition coefficient (Wildman–Crippen LogP) is 8.42. The standard InChI is InChI=1S/C44H38P2/c1-7-19-39(20-8-1)45(40-21-9-2-10-22-40,41-23-11-3-12-24-41)35-37-31-33-38(34-32-37)36-46(42-25-13-4-14-26-42,43-27-15-5-16-28-43)44-29-17-6-18-30-44/h1-35,46H,36H2. The minimum atomic E-state index is -2.39. The zero-order chi connectivity index (χ0) is 31.1. The van der Waals surface area contributed by atoms with Crippen LogP contribution in [-0.4, -0.2) is 0 Å². The number of hydrogen-bond donors (Lipinski definition) is 0. The molecule has 0 nitrogen and oxygen atoms in total. The van der Waals surface area contributed by atoms with Crippen LogP contribution >= 0.6 is 14.5 Å². The van der Waals surface area contributed by atoms with Crippen LogP contribution in [0.25, 0.3) is 0 Å². The Balaban J connectivity index is 1.33. The SMILES string of the molecule is c1ccc([P+]([CH-]c2ccc(C[PH](c3ccccc3)(c3ccccc3)c3ccccc3)cc2)(c2ccccc2)c2ccccc2)cc1. The molecule has 0 saturated heterocycles. The van der Waals surface area contributed by atoms with Gasteiger partial charge in [0.05, 0.1) is 0 Å². The van der Waals surface area contributed by atoms with Crippen LogP contribution in [0.2, 0.25) is 0 Å². The van der Waals surface area contributed by atoms with Gasteiger partial charge in [-0.1, -0.05) is 0 Å². The average molecular weight is 629 g/mol.